The van der Waals surface area contributed by atoms with Gasteiger partial charge in [0.1, 0.15) is 6.10 Å². The fraction of sp³-hybridized carbons (Fsp3) is 0.714. The monoisotopic (exact) mass is 376 g/mol. The largest absolute Gasteiger partial charge is 0.472 e. The van der Waals surface area contributed by atoms with Crippen molar-refractivity contribution in [1.82, 2.24) is 0 Å². The molecule has 3 fully saturated rings. The van der Waals surface area contributed by atoms with Crippen molar-refractivity contribution in [3.8, 4) is 0 Å². The molecule has 6 atom stereocenters. The van der Waals surface area contributed by atoms with E-state index >= 15 is 0 Å². The van der Waals surface area contributed by atoms with Gasteiger partial charge in [0.05, 0.1) is 25.6 Å². The molecular formula is C21H28O6. The highest BCUT2D eigenvalue weighted by Crippen LogP contribution is 2.66. The molecule has 2 aliphatic carbocycles. The molecule has 0 unspecified atom stereocenters. The van der Waals surface area contributed by atoms with Gasteiger partial charge in [0, 0.05) is 11.0 Å². The van der Waals surface area contributed by atoms with Gasteiger partial charge in [-0.2, -0.15) is 0 Å². The topological polar surface area (TPSA) is 86.0 Å². The number of hydrogen-bond donors (Lipinski definition) is 1. The molecule has 1 aromatic rings. The minimum Gasteiger partial charge on any atom is -0.472 e. The molecule has 0 aromatic carbocycles. The summed E-state index contributed by atoms with van der Waals surface area (Å²) >= 11 is 0. The van der Waals surface area contributed by atoms with E-state index in [1.165, 1.54) is 7.11 Å². The Hall–Kier alpha value is -1.82. The number of carbonyl (C=O) groups is 2. The Morgan fingerprint density at radius 3 is 2.74 bits per heavy atom. The van der Waals surface area contributed by atoms with Crippen LogP contribution in [0.25, 0.3) is 0 Å². The first-order chi connectivity index (χ1) is 12.8. The zero-order valence-corrected chi connectivity index (χ0v) is 16.2. The Morgan fingerprint density at radius 2 is 2.07 bits per heavy atom. The first-order valence-electron chi connectivity index (χ1n) is 9.79. The van der Waals surface area contributed by atoms with E-state index in [9.17, 15) is 14.7 Å². The zero-order chi connectivity index (χ0) is 19.4. The van der Waals surface area contributed by atoms with Crippen molar-refractivity contribution in [2.24, 2.45) is 22.7 Å². The molecule has 1 aliphatic heterocycles. The lowest BCUT2D eigenvalue weighted by molar-refractivity contribution is -0.235. The van der Waals surface area contributed by atoms with E-state index in [4.69, 9.17) is 13.9 Å². The van der Waals surface area contributed by atoms with E-state index < -0.39 is 17.0 Å². The second-order valence-corrected chi connectivity index (χ2v) is 9.00. The molecule has 1 N–H and O–H groups in total. The maximum atomic E-state index is 12.9. The third-order valence-electron chi connectivity index (χ3n) is 7.90. The lowest BCUT2D eigenvalue weighted by Gasteiger charge is -2.63. The second kappa shape index (κ2) is 6.09. The van der Waals surface area contributed by atoms with Gasteiger partial charge in [-0.05, 0) is 55.9 Å². The van der Waals surface area contributed by atoms with Crippen LogP contribution in [0.4, 0.5) is 0 Å². The van der Waals surface area contributed by atoms with E-state index in [0.29, 0.717) is 25.7 Å². The van der Waals surface area contributed by atoms with E-state index in [1.807, 2.05) is 13.0 Å². The van der Waals surface area contributed by atoms with Crippen LogP contribution in [-0.2, 0) is 19.1 Å². The summed E-state index contributed by atoms with van der Waals surface area (Å²) in [5.41, 5.74) is -1.63. The Bertz CT molecular complexity index is 742. The van der Waals surface area contributed by atoms with Crippen molar-refractivity contribution >= 4 is 11.9 Å². The summed E-state index contributed by atoms with van der Waals surface area (Å²) in [5, 5.41) is 11.4. The van der Waals surface area contributed by atoms with E-state index in [2.05, 4.69) is 6.92 Å². The highest BCUT2D eigenvalue weighted by atomic mass is 16.5. The Labute approximate surface area is 159 Å². The van der Waals surface area contributed by atoms with Gasteiger partial charge in [-0.3, -0.25) is 4.79 Å². The number of hydrogen-bond acceptors (Lipinski definition) is 6. The van der Waals surface area contributed by atoms with E-state index in [-0.39, 0.29) is 29.3 Å². The predicted octanol–water partition coefficient (Wildman–Crippen LogP) is 3.39. The van der Waals surface area contributed by atoms with E-state index in [1.54, 1.807) is 12.5 Å². The van der Waals surface area contributed by atoms with Crippen molar-refractivity contribution in [3.63, 3.8) is 0 Å². The molecule has 3 aliphatic rings. The van der Waals surface area contributed by atoms with Crippen LogP contribution >= 0.6 is 0 Å². The van der Waals surface area contributed by atoms with Crippen LogP contribution in [0.15, 0.2) is 23.0 Å². The van der Waals surface area contributed by atoms with Crippen molar-refractivity contribution in [3.05, 3.63) is 24.2 Å². The van der Waals surface area contributed by atoms with Gasteiger partial charge in [0.15, 0.2) is 5.60 Å². The molecule has 0 bridgehead atoms. The van der Waals surface area contributed by atoms with Crippen LogP contribution in [0.3, 0.4) is 0 Å². The van der Waals surface area contributed by atoms with Crippen LogP contribution < -0.4 is 0 Å². The normalized spacial score (nSPS) is 44.0. The summed E-state index contributed by atoms with van der Waals surface area (Å²) in [4.78, 5) is 25.4. The summed E-state index contributed by atoms with van der Waals surface area (Å²) in [6, 6.07) is 1.83. The van der Waals surface area contributed by atoms with Gasteiger partial charge in [0.25, 0.3) is 0 Å². The standard InChI is InChI=1S/C21H28O6/c1-19-11-15(13-7-10-26-12-13)27-17(22)14(19)6-9-20(2)16(19)5-4-8-21(20,24)18(23)25-3/h7,10,12,14-16,24H,4-6,8-9,11H2,1-3H3/t14-,15+,16-,19+,20-,21+/m1/s1. The predicted molar refractivity (Wildman–Crippen MR) is 95.4 cm³/mol. The molecule has 0 radical (unpaired) electrons. The number of rotatable bonds is 2. The summed E-state index contributed by atoms with van der Waals surface area (Å²) in [6.45, 7) is 4.14. The number of aliphatic hydroxyl groups is 1. The van der Waals surface area contributed by atoms with Gasteiger partial charge in [0.2, 0.25) is 0 Å². The van der Waals surface area contributed by atoms with Crippen molar-refractivity contribution in [2.75, 3.05) is 7.11 Å². The summed E-state index contributed by atoms with van der Waals surface area (Å²) < 4.78 is 15.9. The Balaban J connectivity index is 1.74. The fourth-order valence-corrected chi connectivity index (χ4v) is 6.39. The van der Waals surface area contributed by atoms with Crippen LogP contribution in [0, 0.1) is 22.7 Å². The molecule has 27 heavy (non-hydrogen) atoms. The second-order valence-electron chi connectivity index (χ2n) is 9.00. The molecule has 4 rings (SSSR count). The van der Waals surface area contributed by atoms with Crippen LogP contribution in [0.5, 0.6) is 0 Å². The highest BCUT2D eigenvalue weighted by Gasteiger charge is 2.68. The van der Waals surface area contributed by atoms with Gasteiger partial charge < -0.3 is 19.0 Å². The lowest BCUT2D eigenvalue weighted by atomic mass is 9.42. The third kappa shape index (κ3) is 2.42. The molecule has 2 saturated carbocycles. The van der Waals surface area contributed by atoms with Crippen molar-refractivity contribution in [2.45, 2.75) is 64.1 Å². The number of furan rings is 1. The molecule has 6 heteroatoms. The van der Waals surface area contributed by atoms with Crippen LogP contribution in [-0.4, -0.2) is 29.8 Å². The number of fused-ring (bicyclic) bond motifs is 3. The molecular weight excluding hydrogens is 348 g/mol. The number of cyclic esters (lactones) is 1. The number of carbonyl (C=O) groups excluding carboxylic acids is 2. The molecule has 1 saturated heterocycles. The summed E-state index contributed by atoms with van der Waals surface area (Å²) in [7, 11) is 1.33. The first kappa shape index (κ1) is 18.5. The summed E-state index contributed by atoms with van der Waals surface area (Å²) in [5.74, 6) is -0.909. The van der Waals surface area contributed by atoms with Crippen LogP contribution in [0.2, 0.25) is 0 Å². The number of esters is 2. The molecule has 6 nitrogen and oxygen atoms in total. The lowest BCUT2D eigenvalue weighted by Crippen LogP contribution is -2.66. The Kier molecular flexibility index (Phi) is 4.18. The van der Waals surface area contributed by atoms with Crippen molar-refractivity contribution in [1.29, 1.82) is 0 Å². The fourth-order valence-electron chi connectivity index (χ4n) is 6.39. The van der Waals surface area contributed by atoms with Gasteiger partial charge in [-0.25, -0.2) is 4.79 Å². The Morgan fingerprint density at radius 1 is 1.30 bits per heavy atom. The minimum atomic E-state index is -1.51. The quantitative estimate of drug-likeness (QED) is 0.796. The average molecular weight is 376 g/mol. The SMILES string of the molecule is COC(=O)[C@@]1(O)CCC[C@@H]2[C@@]3(C)C[C@@H](c4ccoc4)OC(=O)[C@H]3CC[C@]21C. The smallest absolute Gasteiger partial charge is 0.338 e. The van der Waals surface area contributed by atoms with Gasteiger partial charge >= 0.3 is 11.9 Å². The molecule has 0 amide bonds. The summed E-state index contributed by atoms with van der Waals surface area (Å²) in [6.07, 6.45) is 6.76. The van der Waals surface area contributed by atoms with Gasteiger partial charge in [-0.15, -0.1) is 0 Å². The van der Waals surface area contributed by atoms with E-state index in [0.717, 1.165) is 18.4 Å². The first-order valence-corrected chi connectivity index (χ1v) is 9.79. The number of ether oxygens (including phenoxy) is 2. The molecule has 2 heterocycles. The zero-order valence-electron chi connectivity index (χ0n) is 16.2. The maximum absolute atomic E-state index is 12.9. The number of methoxy groups -OCH3 is 1. The third-order valence-corrected chi connectivity index (χ3v) is 7.90. The minimum absolute atomic E-state index is 0.0313. The average Bonchev–Trinajstić information content (AvgIpc) is 3.16. The molecule has 1 aromatic heterocycles. The highest BCUT2D eigenvalue weighted by molar-refractivity contribution is 5.81. The molecule has 148 valence electrons. The molecule has 0 spiro atoms. The van der Waals surface area contributed by atoms with Crippen molar-refractivity contribution < 1.29 is 28.6 Å². The van der Waals surface area contributed by atoms with Gasteiger partial charge in [-0.1, -0.05) is 13.8 Å². The van der Waals surface area contributed by atoms with Crippen LogP contribution in [0.1, 0.15) is 64.0 Å². The maximum Gasteiger partial charge on any atom is 0.338 e.